The van der Waals surface area contributed by atoms with E-state index in [1.807, 2.05) is 0 Å². The summed E-state index contributed by atoms with van der Waals surface area (Å²) >= 11 is 16.5. The molecule has 2 rings (SSSR count). The number of halogens is 2. The van der Waals surface area contributed by atoms with Crippen molar-refractivity contribution in [3.63, 3.8) is 0 Å². The average Bonchev–Trinajstić information content (AvgIpc) is 2.34. The van der Waals surface area contributed by atoms with E-state index in [9.17, 15) is 0 Å². The fraction of sp³-hybridized carbons (Fsp3) is 0. The lowest BCUT2D eigenvalue weighted by Crippen LogP contribution is -2.09. The molecule has 0 bridgehead atoms. The molecule has 0 saturated heterocycles. The van der Waals surface area contributed by atoms with Crippen LogP contribution in [0.5, 0.6) is 11.6 Å². The third kappa shape index (κ3) is 3.10. The first-order chi connectivity index (χ1) is 8.56. The van der Waals surface area contributed by atoms with Gasteiger partial charge in [0.2, 0.25) is 5.88 Å². The maximum Gasteiger partial charge on any atom is 0.219 e. The Balaban J connectivity index is 2.18. The zero-order valence-corrected chi connectivity index (χ0v) is 11.4. The molecule has 2 aromatic rings. The van der Waals surface area contributed by atoms with Crippen molar-refractivity contribution in [3.05, 3.63) is 52.1 Å². The van der Waals surface area contributed by atoms with Gasteiger partial charge in [0.25, 0.3) is 0 Å². The van der Waals surface area contributed by atoms with Gasteiger partial charge >= 0.3 is 0 Å². The van der Waals surface area contributed by atoms with Gasteiger partial charge < -0.3 is 10.5 Å². The minimum absolute atomic E-state index is 0.295. The molecule has 1 heterocycles. The maximum atomic E-state index is 5.88. The van der Waals surface area contributed by atoms with Gasteiger partial charge in [0, 0.05) is 23.9 Å². The second-order valence-electron chi connectivity index (χ2n) is 3.43. The predicted octanol–water partition coefficient (Wildman–Crippen LogP) is 3.81. The molecular weight excluding hydrogens is 291 g/mol. The van der Waals surface area contributed by atoms with Crippen LogP contribution in [0.4, 0.5) is 0 Å². The smallest absolute Gasteiger partial charge is 0.219 e. The van der Waals surface area contributed by atoms with Gasteiger partial charge in [0.05, 0.1) is 10.0 Å². The van der Waals surface area contributed by atoms with Gasteiger partial charge in [-0.2, -0.15) is 0 Å². The van der Waals surface area contributed by atoms with Crippen LogP contribution in [-0.2, 0) is 0 Å². The molecule has 0 atom stereocenters. The van der Waals surface area contributed by atoms with Crippen molar-refractivity contribution >= 4 is 40.4 Å². The monoisotopic (exact) mass is 298 g/mol. The number of ether oxygens (including phenoxy) is 1. The van der Waals surface area contributed by atoms with Gasteiger partial charge in [-0.05, 0) is 18.2 Å². The van der Waals surface area contributed by atoms with E-state index in [1.165, 1.54) is 0 Å². The van der Waals surface area contributed by atoms with Crippen molar-refractivity contribution in [2.75, 3.05) is 0 Å². The lowest BCUT2D eigenvalue weighted by molar-refractivity contribution is 0.463. The Hall–Kier alpha value is -1.36. The zero-order valence-electron chi connectivity index (χ0n) is 9.06. The number of aromatic nitrogens is 1. The summed E-state index contributed by atoms with van der Waals surface area (Å²) in [6.07, 6.45) is 1.55. The SMILES string of the molecule is NC(=S)c1ccc(Oc2ccc(Cl)c(Cl)c2)nc1. The van der Waals surface area contributed by atoms with E-state index in [0.717, 1.165) is 0 Å². The van der Waals surface area contributed by atoms with Crippen molar-refractivity contribution in [2.45, 2.75) is 0 Å². The van der Waals surface area contributed by atoms with Crippen LogP contribution in [0.15, 0.2) is 36.5 Å². The summed E-state index contributed by atoms with van der Waals surface area (Å²) in [5.41, 5.74) is 6.16. The van der Waals surface area contributed by atoms with Crippen LogP contribution >= 0.6 is 35.4 Å². The molecule has 0 aliphatic carbocycles. The zero-order chi connectivity index (χ0) is 13.1. The number of pyridine rings is 1. The summed E-state index contributed by atoms with van der Waals surface area (Å²) in [6, 6.07) is 8.40. The number of benzene rings is 1. The highest BCUT2D eigenvalue weighted by atomic mass is 35.5. The summed E-state index contributed by atoms with van der Waals surface area (Å²) in [6.45, 7) is 0. The van der Waals surface area contributed by atoms with E-state index in [-0.39, 0.29) is 0 Å². The number of rotatable bonds is 3. The van der Waals surface area contributed by atoms with Crippen molar-refractivity contribution in [1.29, 1.82) is 0 Å². The van der Waals surface area contributed by atoms with Crippen LogP contribution in [-0.4, -0.2) is 9.97 Å². The Bertz CT molecular complexity index is 587. The highest BCUT2D eigenvalue weighted by molar-refractivity contribution is 7.80. The first kappa shape index (κ1) is 13.1. The summed E-state index contributed by atoms with van der Waals surface area (Å²) in [5.74, 6) is 0.980. The van der Waals surface area contributed by atoms with Gasteiger partial charge in [-0.3, -0.25) is 0 Å². The number of nitrogens with zero attached hydrogens (tertiary/aromatic N) is 1. The first-order valence-electron chi connectivity index (χ1n) is 4.95. The van der Waals surface area contributed by atoms with Crippen molar-refractivity contribution in [3.8, 4) is 11.6 Å². The molecule has 0 amide bonds. The standard InChI is InChI=1S/C12H8Cl2N2OS/c13-9-3-2-8(5-10(9)14)17-11-4-1-7(6-16-11)12(15)18/h1-6H,(H2,15,18). The highest BCUT2D eigenvalue weighted by Gasteiger charge is 2.03. The second-order valence-corrected chi connectivity index (χ2v) is 4.68. The minimum Gasteiger partial charge on any atom is -0.439 e. The molecule has 0 saturated carbocycles. The molecule has 0 spiro atoms. The van der Waals surface area contributed by atoms with E-state index in [1.54, 1.807) is 36.5 Å². The Labute approximate surface area is 119 Å². The lowest BCUT2D eigenvalue weighted by Gasteiger charge is -2.06. The van der Waals surface area contributed by atoms with Gasteiger partial charge in [-0.15, -0.1) is 0 Å². The summed E-state index contributed by atoms with van der Waals surface area (Å²) < 4.78 is 5.51. The molecule has 92 valence electrons. The number of hydrogen-bond acceptors (Lipinski definition) is 3. The van der Waals surface area contributed by atoms with Crippen molar-refractivity contribution in [2.24, 2.45) is 5.73 Å². The minimum atomic E-state index is 0.295. The van der Waals surface area contributed by atoms with Crippen LogP contribution < -0.4 is 10.5 Å². The third-order valence-corrected chi connectivity index (χ3v) is 3.11. The average molecular weight is 299 g/mol. The molecule has 3 nitrogen and oxygen atoms in total. The maximum absolute atomic E-state index is 5.88. The van der Waals surface area contributed by atoms with Crippen LogP contribution in [0.2, 0.25) is 10.0 Å². The van der Waals surface area contributed by atoms with Crippen molar-refractivity contribution < 1.29 is 4.74 Å². The Kier molecular flexibility index (Phi) is 4.01. The number of nitrogens with two attached hydrogens (primary N) is 1. The van der Waals surface area contributed by atoms with E-state index >= 15 is 0 Å². The topological polar surface area (TPSA) is 48.1 Å². The molecule has 2 N–H and O–H groups in total. The summed E-state index contributed by atoms with van der Waals surface area (Å²) in [4.78, 5) is 4.38. The molecule has 0 aliphatic heterocycles. The van der Waals surface area contributed by atoms with E-state index in [0.29, 0.717) is 32.2 Å². The predicted molar refractivity (Wildman–Crippen MR) is 76.7 cm³/mol. The van der Waals surface area contributed by atoms with Crippen LogP contribution in [0.25, 0.3) is 0 Å². The number of thiocarbonyl (C=S) groups is 1. The van der Waals surface area contributed by atoms with Crippen LogP contribution in [0, 0.1) is 0 Å². The highest BCUT2D eigenvalue weighted by Crippen LogP contribution is 2.28. The Morgan fingerprint density at radius 3 is 2.50 bits per heavy atom. The molecule has 18 heavy (non-hydrogen) atoms. The van der Waals surface area contributed by atoms with E-state index < -0.39 is 0 Å². The van der Waals surface area contributed by atoms with Gasteiger partial charge in [0.15, 0.2) is 0 Å². The fourth-order valence-corrected chi connectivity index (χ4v) is 1.66. The molecule has 0 unspecified atom stereocenters. The molecule has 0 fully saturated rings. The van der Waals surface area contributed by atoms with E-state index in [2.05, 4.69) is 4.98 Å². The summed E-state index contributed by atoms with van der Waals surface area (Å²) in [5, 5.41) is 0.898. The Morgan fingerprint density at radius 2 is 1.94 bits per heavy atom. The molecular formula is C12H8Cl2N2OS. The molecule has 1 aromatic carbocycles. The number of hydrogen-bond donors (Lipinski definition) is 1. The first-order valence-corrected chi connectivity index (χ1v) is 6.11. The van der Waals surface area contributed by atoms with Crippen LogP contribution in [0.1, 0.15) is 5.56 Å². The molecule has 6 heteroatoms. The van der Waals surface area contributed by atoms with E-state index in [4.69, 9.17) is 45.9 Å². The largest absolute Gasteiger partial charge is 0.439 e. The fourth-order valence-electron chi connectivity index (χ4n) is 1.25. The quantitative estimate of drug-likeness (QED) is 0.875. The van der Waals surface area contributed by atoms with Crippen LogP contribution in [0.3, 0.4) is 0 Å². The van der Waals surface area contributed by atoms with Crippen molar-refractivity contribution in [1.82, 2.24) is 4.98 Å². The van der Waals surface area contributed by atoms with Gasteiger partial charge in [-0.1, -0.05) is 35.4 Å². The summed E-state index contributed by atoms with van der Waals surface area (Å²) in [7, 11) is 0. The van der Waals surface area contributed by atoms with Gasteiger partial charge in [-0.25, -0.2) is 4.98 Å². The third-order valence-electron chi connectivity index (χ3n) is 2.13. The Morgan fingerprint density at radius 1 is 1.17 bits per heavy atom. The van der Waals surface area contributed by atoms with Gasteiger partial charge in [0.1, 0.15) is 10.7 Å². The molecule has 1 aromatic heterocycles. The lowest BCUT2D eigenvalue weighted by atomic mass is 10.3. The molecule has 0 radical (unpaired) electrons. The second kappa shape index (κ2) is 5.52. The normalized spacial score (nSPS) is 10.1. The molecule has 0 aliphatic rings.